The minimum absolute atomic E-state index is 0.00181. The van der Waals surface area contributed by atoms with Gasteiger partial charge in [-0.3, -0.25) is 4.79 Å². The van der Waals surface area contributed by atoms with Gasteiger partial charge >= 0.3 is 6.03 Å². The molecule has 0 N–H and O–H groups in total. The molecule has 1 aromatic carbocycles. The molecule has 0 radical (unpaired) electrons. The number of fused-ring (bicyclic) bond motifs is 1. The highest BCUT2D eigenvalue weighted by atomic mass is 32.1. The Morgan fingerprint density at radius 2 is 1.93 bits per heavy atom. The fraction of sp³-hybridized carbons (Fsp3) is 0.391. The predicted octanol–water partition coefficient (Wildman–Crippen LogP) is 3.89. The molecule has 0 aliphatic carbocycles. The van der Waals surface area contributed by atoms with E-state index in [1.165, 1.54) is 11.1 Å². The molecule has 1 atom stereocenters. The molecule has 1 saturated heterocycles. The van der Waals surface area contributed by atoms with Crippen molar-refractivity contribution in [1.82, 2.24) is 19.3 Å². The first-order valence-corrected chi connectivity index (χ1v) is 11.1. The van der Waals surface area contributed by atoms with E-state index >= 15 is 0 Å². The fourth-order valence-corrected chi connectivity index (χ4v) is 5.01. The number of rotatable bonds is 3. The molecule has 0 saturated carbocycles. The molecule has 1 aliphatic heterocycles. The van der Waals surface area contributed by atoms with Crippen LogP contribution in [0.5, 0.6) is 0 Å². The largest absolute Gasteiger partial charge is 0.334 e. The molecule has 1 fully saturated rings. The van der Waals surface area contributed by atoms with Crippen LogP contribution < -0.4 is 0 Å². The van der Waals surface area contributed by atoms with Crippen molar-refractivity contribution in [3.8, 4) is 0 Å². The number of thiophene rings is 1. The molecule has 158 valence electrons. The molecular weight excluding hydrogens is 396 g/mol. The number of aryl methyl sites for hydroxylation is 1. The fourth-order valence-electron chi connectivity index (χ4n) is 4.11. The van der Waals surface area contributed by atoms with Crippen LogP contribution in [0.15, 0.2) is 41.8 Å². The molecular formula is C23H28N4O2S. The number of nitrogens with zero attached hydrogens (tertiary/aromatic N) is 4. The highest BCUT2D eigenvalue weighted by Gasteiger charge is 2.32. The summed E-state index contributed by atoms with van der Waals surface area (Å²) in [5, 5.41) is 3.17. The molecule has 3 aromatic rings. The van der Waals surface area contributed by atoms with Gasteiger partial charge in [0.15, 0.2) is 0 Å². The first kappa shape index (κ1) is 20.5. The molecule has 1 aliphatic rings. The van der Waals surface area contributed by atoms with Gasteiger partial charge in [-0.25, -0.2) is 4.79 Å². The molecule has 3 heterocycles. The van der Waals surface area contributed by atoms with E-state index in [0.717, 1.165) is 15.9 Å². The van der Waals surface area contributed by atoms with Gasteiger partial charge in [0, 0.05) is 51.7 Å². The standard InChI is InChI=1S/C23H28N4O2S/c1-16-7-5-6-8-19(16)15-27-20(13-18-9-12-30-22(18)27)21(28)25-10-11-26(17(2)14-25)23(29)24(3)4/h5-9,12-13,17H,10-11,14-15H2,1-4H3/t17-/m0/s1. The van der Waals surface area contributed by atoms with Crippen LogP contribution in [0.2, 0.25) is 0 Å². The van der Waals surface area contributed by atoms with Crippen molar-refractivity contribution in [3.63, 3.8) is 0 Å². The Balaban J connectivity index is 1.61. The number of benzene rings is 1. The number of piperazine rings is 1. The van der Waals surface area contributed by atoms with Crippen molar-refractivity contribution >= 4 is 33.5 Å². The normalized spacial score (nSPS) is 16.9. The van der Waals surface area contributed by atoms with Crippen molar-refractivity contribution < 1.29 is 9.59 Å². The third-order valence-corrected chi connectivity index (χ3v) is 6.81. The number of urea groups is 1. The summed E-state index contributed by atoms with van der Waals surface area (Å²) in [6.07, 6.45) is 0. The second-order valence-electron chi connectivity index (χ2n) is 8.19. The first-order valence-electron chi connectivity index (χ1n) is 10.2. The Bertz CT molecular complexity index is 1080. The topological polar surface area (TPSA) is 48.8 Å². The van der Waals surface area contributed by atoms with Crippen LogP contribution in [0.1, 0.15) is 28.5 Å². The molecule has 30 heavy (non-hydrogen) atoms. The number of amides is 3. The highest BCUT2D eigenvalue weighted by Crippen LogP contribution is 2.28. The van der Waals surface area contributed by atoms with Crippen LogP contribution in [0, 0.1) is 6.92 Å². The van der Waals surface area contributed by atoms with Crippen LogP contribution in [-0.4, -0.2) is 71.0 Å². The summed E-state index contributed by atoms with van der Waals surface area (Å²) in [5.41, 5.74) is 3.16. The molecule has 4 rings (SSSR count). The van der Waals surface area contributed by atoms with E-state index in [0.29, 0.717) is 26.2 Å². The van der Waals surface area contributed by atoms with Gasteiger partial charge in [-0.2, -0.15) is 0 Å². The predicted molar refractivity (Wildman–Crippen MR) is 121 cm³/mol. The second kappa shape index (κ2) is 8.14. The second-order valence-corrected chi connectivity index (χ2v) is 9.09. The summed E-state index contributed by atoms with van der Waals surface area (Å²) in [7, 11) is 3.52. The zero-order chi connectivity index (χ0) is 21.4. The number of carbonyl (C=O) groups excluding carboxylic acids is 2. The van der Waals surface area contributed by atoms with E-state index in [1.807, 2.05) is 34.9 Å². The minimum atomic E-state index is -0.0153. The first-order chi connectivity index (χ1) is 14.4. The van der Waals surface area contributed by atoms with Crippen molar-refractivity contribution in [2.45, 2.75) is 26.4 Å². The molecule has 2 aromatic heterocycles. The summed E-state index contributed by atoms with van der Waals surface area (Å²) < 4.78 is 2.15. The monoisotopic (exact) mass is 424 g/mol. The van der Waals surface area contributed by atoms with Crippen molar-refractivity contribution in [1.29, 1.82) is 0 Å². The highest BCUT2D eigenvalue weighted by molar-refractivity contribution is 7.16. The maximum absolute atomic E-state index is 13.5. The van der Waals surface area contributed by atoms with Crippen LogP contribution in [0.4, 0.5) is 4.79 Å². The quantitative estimate of drug-likeness (QED) is 0.641. The smallest absolute Gasteiger partial charge is 0.319 e. The SMILES string of the molecule is Cc1ccccc1Cn1c(C(=O)N2CCN(C(=O)N(C)C)[C@@H](C)C2)cc2ccsc21. The lowest BCUT2D eigenvalue weighted by molar-refractivity contribution is 0.0543. The number of aromatic nitrogens is 1. The van der Waals surface area contributed by atoms with Crippen molar-refractivity contribution in [2.75, 3.05) is 33.7 Å². The molecule has 0 spiro atoms. The summed E-state index contributed by atoms with van der Waals surface area (Å²) in [4.78, 5) is 32.3. The Hall–Kier alpha value is -2.80. The zero-order valence-electron chi connectivity index (χ0n) is 18.0. The molecule has 6 nitrogen and oxygen atoms in total. The molecule has 0 bridgehead atoms. The third-order valence-electron chi connectivity index (χ3n) is 5.85. The van der Waals surface area contributed by atoms with E-state index in [-0.39, 0.29) is 18.0 Å². The summed E-state index contributed by atoms with van der Waals surface area (Å²) >= 11 is 1.67. The van der Waals surface area contributed by atoms with Gasteiger partial charge in [-0.1, -0.05) is 24.3 Å². The lowest BCUT2D eigenvalue weighted by Gasteiger charge is -2.40. The van der Waals surface area contributed by atoms with Gasteiger partial charge < -0.3 is 19.3 Å². The minimum Gasteiger partial charge on any atom is -0.334 e. The van der Waals surface area contributed by atoms with E-state index in [2.05, 4.69) is 35.1 Å². The number of hydrogen-bond acceptors (Lipinski definition) is 3. The average molecular weight is 425 g/mol. The Kier molecular flexibility index (Phi) is 5.56. The summed E-state index contributed by atoms with van der Waals surface area (Å²) in [6, 6.07) is 12.4. The van der Waals surface area contributed by atoms with Gasteiger partial charge in [-0.15, -0.1) is 11.3 Å². The Labute approximate surface area is 181 Å². The maximum atomic E-state index is 13.5. The van der Waals surface area contributed by atoms with Crippen LogP contribution >= 0.6 is 11.3 Å². The third kappa shape index (κ3) is 3.69. The lowest BCUT2D eigenvalue weighted by atomic mass is 10.1. The molecule has 0 unspecified atom stereocenters. The maximum Gasteiger partial charge on any atom is 0.319 e. The van der Waals surface area contributed by atoms with Gasteiger partial charge in [0.05, 0.1) is 0 Å². The Morgan fingerprint density at radius 3 is 2.63 bits per heavy atom. The van der Waals surface area contributed by atoms with Gasteiger partial charge in [0.25, 0.3) is 5.91 Å². The van der Waals surface area contributed by atoms with Gasteiger partial charge in [0.2, 0.25) is 0 Å². The van der Waals surface area contributed by atoms with Crippen LogP contribution in [0.25, 0.3) is 10.2 Å². The van der Waals surface area contributed by atoms with Crippen LogP contribution in [-0.2, 0) is 6.54 Å². The average Bonchev–Trinajstić information content (AvgIpc) is 3.31. The molecule has 3 amide bonds. The number of carbonyl (C=O) groups is 2. The van der Waals surface area contributed by atoms with E-state index in [1.54, 1.807) is 30.3 Å². The van der Waals surface area contributed by atoms with E-state index in [4.69, 9.17) is 0 Å². The van der Waals surface area contributed by atoms with Gasteiger partial charge in [0.1, 0.15) is 10.5 Å². The number of hydrogen-bond donors (Lipinski definition) is 0. The summed E-state index contributed by atoms with van der Waals surface area (Å²) in [6.45, 7) is 6.43. The van der Waals surface area contributed by atoms with Crippen molar-refractivity contribution in [2.24, 2.45) is 0 Å². The van der Waals surface area contributed by atoms with Crippen molar-refractivity contribution in [3.05, 3.63) is 58.6 Å². The van der Waals surface area contributed by atoms with E-state index < -0.39 is 0 Å². The zero-order valence-corrected chi connectivity index (χ0v) is 18.8. The summed E-state index contributed by atoms with van der Waals surface area (Å²) in [5.74, 6) is 0.0378. The van der Waals surface area contributed by atoms with Gasteiger partial charge in [-0.05, 0) is 42.5 Å². The molecule has 7 heteroatoms. The lowest BCUT2D eigenvalue weighted by Crippen LogP contribution is -2.57. The van der Waals surface area contributed by atoms with E-state index in [9.17, 15) is 9.59 Å². The Morgan fingerprint density at radius 1 is 1.17 bits per heavy atom. The van der Waals surface area contributed by atoms with Crippen LogP contribution in [0.3, 0.4) is 0 Å².